The Hall–Kier alpha value is -3.48. The van der Waals surface area contributed by atoms with Crippen LogP contribution in [0, 0.1) is 0 Å². The second kappa shape index (κ2) is 9.41. The molecule has 1 aliphatic carbocycles. The van der Waals surface area contributed by atoms with Crippen molar-refractivity contribution in [1.29, 1.82) is 0 Å². The number of fused-ring (bicyclic) bond motifs is 1. The summed E-state index contributed by atoms with van der Waals surface area (Å²) < 4.78 is 45.1. The van der Waals surface area contributed by atoms with Crippen LogP contribution in [0.3, 0.4) is 0 Å². The molecule has 3 unspecified atom stereocenters. The molecule has 3 atom stereocenters. The maximum atomic E-state index is 13.8. The van der Waals surface area contributed by atoms with Crippen molar-refractivity contribution in [3.05, 3.63) is 83.4 Å². The summed E-state index contributed by atoms with van der Waals surface area (Å²) in [7, 11) is 1.26. The van der Waals surface area contributed by atoms with Gasteiger partial charge in [0.15, 0.2) is 5.78 Å². The third kappa shape index (κ3) is 4.47. The van der Waals surface area contributed by atoms with Gasteiger partial charge in [0.1, 0.15) is 6.04 Å². The first-order valence-electron chi connectivity index (χ1n) is 11.1. The number of aliphatic imine (C=N–C) groups is 1. The van der Waals surface area contributed by atoms with Gasteiger partial charge in [0.2, 0.25) is 0 Å². The Morgan fingerprint density at radius 1 is 1.09 bits per heavy atom. The molecule has 1 aliphatic rings. The van der Waals surface area contributed by atoms with Gasteiger partial charge in [-0.3, -0.25) is 9.79 Å². The van der Waals surface area contributed by atoms with E-state index in [1.54, 1.807) is 6.92 Å². The van der Waals surface area contributed by atoms with E-state index in [0.29, 0.717) is 12.1 Å². The van der Waals surface area contributed by atoms with E-state index in [9.17, 15) is 22.8 Å². The second-order valence-corrected chi connectivity index (χ2v) is 8.35. The number of esters is 1. The van der Waals surface area contributed by atoms with Crippen molar-refractivity contribution in [2.45, 2.75) is 43.8 Å². The van der Waals surface area contributed by atoms with Crippen molar-refractivity contribution >= 4 is 28.2 Å². The molecule has 0 N–H and O–H groups in total. The topological polar surface area (TPSA) is 55.7 Å². The van der Waals surface area contributed by atoms with Crippen LogP contribution >= 0.6 is 0 Å². The molecule has 1 saturated carbocycles. The zero-order chi connectivity index (χ0) is 24.5. The van der Waals surface area contributed by atoms with Crippen LogP contribution in [0.25, 0.3) is 10.8 Å². The van der Waals surface area contributed by atoms with E-state index in [1.807, 2.05) is 42.5 Å². The molecule has 0 spiro atoms. The number of hydrogen-bond acceptors (Lipinski definition) is 4. The van der Waals surface area contributed by atoms with Crippen LogP contribution in [0.5, 0.6) is 0 Å². The largest absolute Gasteiger partial charge is 0.467 e. The molecule has 4 rings (SSSR count). The van der Waals surface area contributed by atoms with Crippen LogP contribution in [0.15, 0.2) is 71.7 Å². The van der Waals surface area contributed by atoms with E-state index >= 15 is 0 Å². The van der Waals surface area contributed by atoms with Gasteiger partial charge in [0.05, 0.1) is 18.6 Å². The van der Waals surface area contributed by atoms with Gasteiger partial charge < -0.3 is 4.74 Å². The molecule has 1 fully saturated rings. The second-order valence-electron chi connectivity index (χ2n) is 8.35. The van der Waals surface area contributed by atoms with Gasteiger partial charge in [0, 0.05) is 18.1 Å². The number of hydrogen-bond donors (Lipinski definition) is 0. The lowest BCUT2D eigenvalue weighted by molar-refractivity contribution is -0.142. The van der Waals surface area contributed by atoms with Gasteiger partial charge >= 0.3 is 12.1 Å². The first-order chi connectivity index (χ1) is 16.2. The fourth-order valence-electron chi connectivity index (χ4n) is 4.64. The van der Waals surface area contributed by atoms with Crippen molar-refractivity contribution in [2.24, 2.45) is 4.99 Å². The highest BCUT2D eigenvalue weighted by molar-refractivity contribution is 6.20. The maximum Gasteiger partial charge on any atom is 0.416 e. The zero-order valence-corrected chi connectivity index (χ0v) is 18.8. The molecule has 0 amide bonds. The third-order valence-electron chi connectivity index (χ3n) is 6.30. The molecule has 3 aromatic rings. The lowest BCUT2D eigenvalue weighted by Gasteiger charge is -2.16. The summed E-state index contributed by atoms with van der Waals surface area (Å²) in [5.74, 6) is -2.32. The summed E-state index contributed by atoms with van der Waals surface area (Å²) in [6.45, 7) is 1.77. The highest BCUT2D eigenvalue weighted by Crippen LogP contribution is 2.42. The molecule has 0 saturated heterocycles. The zero-order valence-electron chi connectivity index (χ0n) is 18.8. The lowest BCUT2D eigenvalue weighted by Crippen LogP contribution is -2.23. The van der Waals surface area contributed by atoms with Crippen LogP contribution < -0.4 is 0 Å². The normalized spacial score (nSPS) is 20.6. The quantitative estimate of drug-likeness (QED) is 0.427. The summed E-state index contributed by atoms with van der Waals surface area (Å²) in [6, 6.07) is 17.3. The van der Waals surface area contributed by atoms with Crippen molar-refractivity contribution in [1.82, 2.24) is 0 Å². The minimum Gasteiger partial charge on any atom is -0.467 e. The molecule has 176 valence electrons. The van der Waals surface area contributed by atoms with Crippen molar-refractivity contribution < 1.29 is 27.5 Å². The van der Waals surface area contributed by atoms with Crippen LogP contribution in [0.1, 0.15) is 48.3 Å². The predicted molar refractivity (Wildman–Crippen MR) is 124 cm³/mol. The number of carbonyl (C=O) groups is 2. The van der Waals surface area contributed by atoms with Crippen LogP contribution in [0.2, 0.25) is 0 Å². The number of benzene rings is 3. The SMILES string of the molecule is CCC(N=C1CC(c2cccc3ccccc23)C(=O)C1c1cccc(C(F)(F)F)c1)C(=O)OC. The van der Waals surface area contributed by atoms with E-state index in [1.165, 1.54) is 19.2 Å². The summed E-state index contributed by atoms with van der Waals surface area (Å²) in [4.78, 5) is 30.5. The number of ketones is 1. The van der Waals surface area contributed by atoms with Gasteiger partial charge in [-0.05, 0) is 34.4 Å². The van der Waals surface area contributed by atoms with E-state index in [4.69, 9.17) is 4.74 Å². The molecule has 0 heterocycles. The van der Waals surface area contributed by atoms with Crippen LogP contribution in [0.4, 0.5) is 13.2 Å². The highest BCUT2D eigenvalue weighted by Gasteiger charge is 2.43. The maximum absolute atomic E-state index is 13.8. The molecular formula is C27H24F3NO3. The Morgan fingerprint density at radius 2 is 1.79 bits per heavy atom. The van der Waals surface area contributed by atoms with E-state index in [0.717, 1.165) is 28.5 Å². The Morgan fingerprint density at radius 3 is 2.50 bits per heavy atom. The standard InChI is InChI=1S/C27H24F3NO3/c1-3-22(26(33)34-2)31-23-15-21(20-13-7-9-16-8-4-5-12-19(16)20)25(32)24(23)17-10-6-11-18(14-17)27(28,29)30/h4-14,21-22,24H,3,15H2,1-2H3. The lowest BCUT2D eigenvalue weighted by atomic mass is 9.88. The minimum absolute atomic E-state index is 0.223. The van der Waals surface area contributed by atoms with E-state index in [-0.39, 0.29) is 17.8 Å². The van der Waals surface area contributed by atoms with E-state index < -0.39 is 35.6 Å². The summed E-state index contributed by atoms with van der Waals surface area (Å²) in [5, 5.41) is 1.88. The molecule has 7 heteroatoms. The molecule has 34 heavy (non-hydrogen) atoms. The van der Waals surface area contributed by atoms with Gasteiger partial charge in [-0.25, -0.2) is 4.79 Å². The van der Waals surface area contributed by atoms with Crippen molar-refractivity contribution in [2.75, 3.05) is 7.11 Å². The number of halogens is 3. The number of carbonyl (C=O) groups excluding carboxylic acids is 2. The Labute approximate surface area is 195 Å². The Kier molecular flexibility index (Phi) is 6.55. The molecule has 0 bridgehead atoms. The Balaban J connectivity index is 1.85. The van der Waals surface area contributed by atoms with Crippen molar-refractivity contribution in [3.8, 4) is 0 Å². The summed E-state index contributed by atoms with van der Waals surface area (Å²) >= 11 is 0. The summed E-state index contributed by atoms with van der Waals surface area (Å²) in [5.41, 5.74) is 0.600. The highest BCUT2D eigenvalue weighted by atomic mass is 19.4. The van der Waals surface area contributed by atoms with Crippen molar-refractivity contribution in [3.63, 3.8) is 0 Å². The van der Waals surface area contributed by atoms with Gasteiger partial charge in [-0.1, -0.05) is 67.6 Å². The van der Waals surface area contributed by atoms with Gasteiger partial charge in [-0.2, -0.15) is 13.2 Å². The van der Waals surface area contributed by atoms with Gasteiger partial charge in [-0.15, -0.1) is 0 Å². The summed E-state index contributed by atoms with van der Waals surface area (Å²) in [6.07, 6.45) is -3.97. The average molecular weight is 467 g/mol. The average Bonchev–Trinajstić information content (AvgIpc) is 3.16. The van der Waals surface area contributed by atoms with Crippen LogP contribution in [-0.4, -0.2) is 30.6 Å². The molecule has 0 radical (unpaired) electrons. The fraction of sp³-hybridized carbons (Fsp3) is 0.296. The predicted octanol–water partition coefficient (Wildman–Crippen LogP) is 6.09. The van der Waals surface area contributed by atoms with Gasteiger partial charge in [0.25, 0.3) is 0 Å². The first kappa shape index (κ1) is 23.7. The number of rotatable bonds is 5. The number of methoxy groups -OCH3 is 1. The number of alkyl halides is 3. The molecular weight excluding hydrogens is 443 g/mol. The van der Waals surface area contributed by atoms with Crippen LogP contribution in [-0.2, 0) is 20.5 Å². The first-order valence-corrected chi connectivity index (χ1v) is 11.1. The molecule has 0 aliphatic heterocycles. The number of nitrogens with zero attached hydrogens (tertiary/aromatic N) is 1. The Bertz CT molecular complexity index is 1260. The number of Topliss-reactive ketones (excluding diaryl/α,β-unsaturated/α-hetero) is 1. The smallest absolute Gasteiger partial charge is 0.416 e. The van der Waals surface area contributed by atoms with E-state index in [2.05, 4.69) is 4.99 Å². The fourth-order valence-corrected chi connectivity index (χ4v) is 4.64. The molecule has 0 aromatic heterocycles. The molecule has 3 aromatic carbocycles. The molecule has 4 nitrogen and oxygen atoms in total. The monoisotopic (exact) mass is 467 g/mol. The third-order valence-corrected chi connectivity index (χ3v) is 6.30. The minimum atomic E-state index is -4.54. The number of ether oxygens (including phenoxy) is 1.